The highest BCUT2D eigenvalue weighted by Crippen LogP contribution is 2.26. The normalized spacial score (nSPS) is 11.6. The van der Waals surface area contributed by atoms with Crippen LogP contribution in [0.5, 0.6) is 0 Å². The molecule has 0 spiro atoms. The van der Waals surface area contributed by atoms with E-state index < -0.39 is 31.5 Å². The molecule has 39 heavy (non-hydrogen) atoms. The van der Waals surface area contributed by atoms with E-state index in [-0.39, 0.29) is 34.1 Å². The topological polar surface area (TPSA) is 139 Å². The van der Waals surface area contributed by atoms with Gasteiger partial charge in [0.05, 0.1) is 27.0 Å². The fraction of sp³-hybridized carbons (Fsp3) is 0.148. The molecule has 12 heteroatoms. The van der Waals surface area contributed by atoms with Crippen molar-refractivity contribution in [1.29, 1.82) is 0 Å². The maximum Gasteiger partial charge on any atom is 0.227 e. The summed E-state index contributed by atoms with van der Waals surface area (Å²) in [4.78, 5) is 29.3. The summed E-state index contributed by atoms with van der Waals surface area (Å²) in [5.74, 6) is -1.49. The summed E-state index contributed by atoms with van der Waals surface area (Å²) in [5, 5.41) is 7.40. The highest BCUT2D eigenvalue weighted by molar-refractivity contribution is 7.91. The Morgan fingerprint density at radius 2 is 1.15 bits per heavy atom. The second-order valence-corrected chi connectivity index (χ2v) is 13.6. The molecule has 0 aliphatic heterocycles. The summed E-state index contributed by atoms with van der Waals surface area (Å²) in [6.07, 6.45) is -0.381. The number of sulfone groups is 2. The number of thiazole rings is 1. The van der Waals surface area contributed by atoms with E-state index in [1.807, 2.05) is 0 Å². The number of carbonyl (C=O) groups is 2. The zero-order valence-corrected chi connectivity index (χ0v) is 23.1. The van der Waals surface area contributed by atoms with Crippen molar-refractivity contribution in [3.8, 4) is 11.3 Å². The van der Waals surface area contributed by atoms with Crippen molar-refractivity contribution in [1.82, 2.24) is 4.98 Å². The van der Waals surface area contributed by atoms with Gasteiger partial charge >= 0.3 is 0 Å². The van der Waals surface area contributed by atoms with Crippen molar-refractivity contribution in [2.75, 3.05) is 22.1 Å². The number of nitrogens with zero attached hydrogens (tertiary/aromatic N) is 1. The van der Waals surface area contributed by atoms with E-state index in [1.54, 1.807) is 66.0 Å². The molecule has 0 radical (unpaired) electrons. The fourth-order valence-electron chi connectivity index (χ4n) is 3.54. The molecule has 0 bridgehead atoms. The van der Waals surface area contributed by atoms with E-state index in [9.17, 15) is 26.4 Å². The van der Waals surface area contributed by atoms with Crippen molar-refractivity contribution in [3.63, 3.8) is 0 Å². The van der Waals surface area contributed by atoms with Crippen molar-refractivity contribution < 1.29 is 26.4 Å². The van der Waals surface area contributed by atoms with Crippen LogP contribution in [0.4, 0.5) is 10.8 Å². The Labute approximate surface area is 230 Å². The molecule has 0 aliphatic carbocycles. The van der Waals surface area contributed by atoms with E-state index in [0.717, 1.165) is 5.56 Å². The van der Waals surface area contributed by atoms with E-state index in [1.165, 1.54) is 35.6 Å². The third-order valence-corrected chi connectivity index (χ3v) is 9.84. The maximum atomic E-state index is 12.4. The first-order valence-corrected chi connectivity index (χ1v) is 16.0. The minimum Gasteiger partial charge on any atom is -0.326 e. The van der Waals surface area contributed by atoms with Crippen LogP contribution in [0, 0.1) is 0 Å². The van der Waals surface area contributed by atoms with Gasteiger partial charge < -0.3 is 10.6 Å². The Morgan fingerprint density at radius 3 is 1.67 bits per heavy atom. The molecular weight excluding hydrogens is 559 g/mol. The summed E-state index contributed by atoms with van der Waals surface area (Å²) in [7, 11) is -7.11. The molecule has 9 nitrogen and oxygen atoms in total. The monoisotopic (exact) mass is 583 g/mol. The van der Waals surface area contributed by atoms with Gasteiger partial charge in [0.2, 0.25) is 11.8 Å². The maximum absolute atomic E-state index is 12.4. The number of carbonyl (C=O) groups excluding carboxylic acids is 2. The number of nitrogens with one attached hydrogen (secondary N) is 2. The Bertz CT molecular complexity index is 1650. The van der Waals surface area contributed by atoms with Crippen LogP contribution in [0.25, 0.3) is 11.3 Å². The zero-order valence-electron chi connectivity index (χ0n) is 20.6. The summed E-state index contributed by atoms with van der Waals surface area (Å²) >= 11 is 1.21. The molecule has 1 aromatic heterocycles. The number of hydrogen-bond donors (Lipinski definition) is 2. The first-order valence-electron chi connectivity index (χ1n) is 11.8. The van der Waals surface area contributed by atoms with Crippen LogP contribution in [0.1, 0.15) is 12.8 Å². The van der Waals surface area contributed by atoms with Gasteiger partial charge in [0.15, 0.2) is 24.8 Å². The van der Waals surface area contributed by atoms with Gasteiger partial charge in [-0.1, -0.05) is 48.5 Å². The molecule has 0 saturated carbocycles. The van der Waals surface area contributed by atoms with Gasteiger partial charge in [-0.15, -0.1) is 11.3 Å². The lowest BCUT2D eigenvalue weighted by Gasteiger charge is -2.07. The van der Waals surface area contributed by atoms with Gasteiger partial charge in [-0.05, 0) is 36.4 Å². The van der Waals surface area contributed by atoms with Crippen LogP contribution in [0.3, 0.4) is 0 Å². The average molecular weight is 584 g/mol. The summed E-state index contributed by atoms with van der Waals surface area (Å²) in [6.45, 7) is 0. The Hall–Kier alpha value is -3.87. The number of rotatable bonds is 11. The highest BCUT2D eigenvalue weighted by Gasteiger charge is 2.18. The van der Waals surface area contributed by atoms with E-state index in [0.29, 0.717) is 16.5 Å². The molecule has 4 rings (SSSR count). The molecule has 1 heterocycles. The lowest BCUT2D eigenvalue weighted by atomic mass is 10.1. The molecule has 2 amide bonds. The fourth-order valence-corrected chi connectivity index (χ4v) is 6.80. The smallest absolute Gasteiger partial charge is 0.227 e. The first kappa shape index (κ1) is 28.1. The third-order valence-electron chi connectivity index (χ3n) is 5.62. The van der Waals surface area contributed by atoms with E-state index in [4.69, 9.17) is 0 Å². The van der Waals surface area contributed by atoms with Gasteiger partial charge in [0.1, 0.15) is 0 Å². The van der Waals surface area contributed by atoms with Crippen LogP contribution < -0.4 is 10.6 Å². The molecule has 4 aromatic rings. The molecule has 0 aliphatic rings. The van der Waals surface area contributed by atoms with Crippen molar-refractivity contribution in [2.24, 2.45) is 0 Å². The quantitative estimate of drug-likeness (QED) is 0.267. The van der Waals surface area contributed by atoms with Crippen molar-refractivity contribution >= 4 is 53.6 Å². The lowest BCUT2D eigenvalue weighted by Crippen LogP contribution is -2.17. The van der Waals surface area contributed by atoms with Gasteiger partial charge in [-0.2, -0.15) is 0 Å². The zero-order chi connectivity index (χ0) is 27.9. The minimum atomic E-state index is -3.56. The molecule has 0 atom stereocenters. The molecule has 3 aromatic carbocycles. The Balaban J connectivity index is 1.27. The number of aromatic nitrogens is 1. The first-order chi connectivity index (χ1) is 18.6. The summed E-state index contributed by atoms with van der Waals surface area (Å²) in [6, 6.07) is 22.8. The average Bonchev–Trinajstić information content (AvgIpc) is 3.41. The molecular formula is C27H25N3O6S3. The number of amides is 2. The predicted octanol–water partition coefficient (Wildman–Crippen LogP) is 4.42. The number of benzene rings is 3. The third kappa shape index (κ3) is 7.82. The standard InChI is InChI=1S/C27H25N3O6S3/c31-25(15-17-38(33,34)22-7-3-1-4-8-22)28-21-13-11-20(12-14-21)24-19-37-27(29-24)30-26(32)16-18-39(35,36)23-9-5-2-6-10-23/h1-14,19H,15-18H2,(H,28,31)(H,29,30,32). The van der Waals surface area contributed by atoms with Crippen LogP contribution in [-0.4, -0.2) is 45.1 Å². The van der Waals surface area contributed by atoms with Gasteiger partial charge in [0.25, 0.3) is 0 Å². The minimum absolute atomic E-state index is 0.172. The highest BCUT2D eigenvalue weighted by atomic mass is 32.2. The van der Waals surface area contributed by atoms with Crippen molar-refractivity contribution in [2.45, 2.75) is 22.6 Å². The molecule has 0 unspecified atom stereocenters. The SMILES string of the molecule is O=C(CCS(=O)(=O)c1ccccc1)Nc1ccc(-c2csc(NC(=O)CCS(=O)(=O)c3ccccc3)n2)cc1. The molecule has 0 saturated heterocycles. The number of hydrogen-bond acceptors (Lipinski definition) is 8. The second-order valence-electron chi connectivity index (χ2n) is 8.48. The molecule has 2 N–H and O–H groups in total. The van der Waals surface area contributed by atoms with Gasteiger partial charge in [-0.25, -0.2) is 21.8 Å². The van der Waals surface area contributed by atoms with Gasteiger partial charge in [0, 0.05) is 29.5 Å². The Morgan fingerprint density at radius 1 is 0.667 bits per heavy atom. The van der Waals surface area contributed by atoms with Gasteiger partial charge in [-0.3, -0.25) is 9.59 Å². The van der Waals surface area contributed by atoms with Crippen LogP contribution in [-0.2, 0) is 29.3 Å². The number of anilines is 2. The molecule has 202 valence electrons. The Kier molecular flexibility index (Phi) is 8.90. The van der Waals surface area contributed by atoms with E-state index >= 15 is 0 Å². The lowest BCUT2D eigenvalue weighted by molar-refractivity contribution is -0.116. The molecule has 0 fully saturated rings. The van der Waals surface area contributed by atoms with E-state index in [2.05, 4.69) is 15.6 Å². The largest absolute Gasteiger partial charge is 0.326 e. The van der Waals surface area contributed by atoms with Crippen LogP contribution in [0.2, 0.25) is 0 Å². The summed E-state index contributed by atoms with van der Waals surface area (Å²) in [5.41, 5.74) is 1.84. The van der Waals surface area contributed by atoms with Crippen molar-refractivity contribution in [3.05, 3.63) is 90.3 Å². The second kappa shape index (κ2) is 12.3. The predicted molar refractivity (Wildman–Crippen MR) is 151 cm³/mol. The van der Waals surface area contributed by atoms with Crippen LogP contribution in [0.15, 0.2) is 100 Å². The van der Waals surface area contributed by atoms with Crippen LogP contribution >= 0.6 is 11.3 Å². The summed E-state index contributed by atoms with van der Waals surface area (Å²) < 4.78 is 49.5.